The standard InChI is InChI=1S/C39H44N4O6/c1-3-4-5-6-7-8-9-10-11-12-26-48-35-23-16-30(38(44)27-35)28-40-37-15-13-14-36(29(37)2)39(45)49-34-24-19-32(20-25-34)42-41-31-17-21-33(22-18-31)43(46)47/h13-25,27-28,44H,3-12,26H2,1-2H3. The number of hydrogen-bond acceptors (Lipinski definition) is 9. The van der Waals surface area contributed by atoms with Gasteiger partial charge in [-0.2, -0.15) is 10.2 Å². The van der Waals surface area contributed by atoms with E-state index in [1.54, 1.807) is 67.7 Å². The highest BCUT2D eigenvalue weighted by Crippen LogP contribution is 2.28. The van der Waals surface area contributed by atoms with Crippen molar-refractivity contribution < 1.29 is 24.3 Å². The van der Waals surface area contributed by atoms with E-state index >= 15 is 0 Å². The second-order valence-electron chi connectivity index (χ2n) is 11.8. The van der Waals surface area contributed by atoms with Crippen LogP contribution in [0.1, 0.15) is 92.6 Å². The number of aromatic hydroxyl groups is 1. The van der Waals surface area contributed by atoms with Crippen molar-refractivity contribution in [3.8, 4) is 17.2 Å². The SMILES string of the molecule is CCCCCCCCCCCCOc1ccc(C=Nc2cccc(C(=O)Oc3ccc(N=Nc4ccc([N+](=O)[O-])cc4)cc3)c2C)c(O)c1. The Labute approximate surface area is 287 Å². The molecule has 1 N–H and O–H groups in total. The second-order valence-corrected chi connectivity index (χ2v) is 11.8. The number of rotatable bonds is 19. The van der Waals surface area contributed by atoms with Crippen LogP contribution in [0.3, 0.4) is 0 Å². The lowest BCUT2D eigenvalue weighted by molar-refractivity contribution is -0.384. The van der Waals surface area contributed by atoms with Gasteiger partial charge in [0.1, 0.15) is 17.2 Å². The zero-order chi connectivity index (χ0) is 34.8. The molecule has 0 radical (unpaired) electrons. The quantitative estimate of drug-likeness (QED) is 0.0201. The van der Waals surface area contributed by atoms with Gasteiger partial charge in [0.2, 0.25) is 0 Å². The van der Waals surface area contributed by atoms with E-state index in [2.05, 4.69) is 22.1 Å². The number of benzene rings is 4. The van der Waals surface area contributed by atoms with E-state index in [-0.39, 0.29) is 11.4 Å². The lowest BCUT2D eigenvalue weighted by Crippen LogP contribution is -2.10. The smallest absolute Gasteiger partial charge is 0.343 e. The van der Waals surface area contributed by atoms with E-state index in [0.29, 0.717) is 51.9 Å². The third-order valence-electron chi connectivity index (χ3n) is 8.03. The first kappa shape index (κ1) is 36.5. The maximum Gasteiger partial charge on any atom is 0.343 e. The van der Waals surface area contributed by atoms with Gasteiger partial charge in [-0.15, -0.1) is 0 Å². The molecular weight excluding hydrogens is 620 g/mol. The van der Waals surface area contributed by atoms with E-state index in [1.807, 2.05) is 6.07 Å². The minimum Gasteiger partial charge on any atom is -0.507 e. The van der Waals surface area contributed by atoms with Crippen molar-refractivity contribution in [1.29, 1.82) is 0 Å². The zero-order valence-electron chi connectivity index (χ0n) is 28.2. The van der Waals surface area contributed by atoms with Gasteiger partial charge >= 0.3 is 5.97 Å². The summed E-state index contributed by atoms with van der Waals surface area (Å²) in [5, 5.41) is 29.6. The van der Waals surface area contributed by atoms with Crippen LogP contribution in [0.25, 0.3) is 0 Å². The summed E-state index contributed by atoms with van der Waals surface area (Å²) >= 11 is 0. The van der Waals surface area contributed by atoms with Crippen LogP contribution in [0.4, 0.5) is 22.7 Å². The number of phenolic OH excluding ortho intramolecular Hbond substituents is 1. The third kappa shape index (κ3) is 12.0. The average Bonchev–Trinajstić information content (AvgIpc) is 3.10. The van der Waals surface area contributed by atoms with Crippen LogP contribution in [0.2, 0.25) is 0 Å². The molecule has 4 aromatic rings. The number of aliphatic imine (C=N–C) groups is 1. The number of ether oxygens (including phenoxy) is 2. The number of carbonyl (C=O) groups excluding carboxylic acids is 1. The summed E-state index contributed by atoms with van der Waals surface area (Å²) in [7, 11) is 0. The highest BCUT2D eigenvalue weighted by molar-refractivity contribution is 5.94. The van der Waals surface area contributed by atoms with Crippen LogP contribution >= 0.6 is 0 Å². The molecule has 0 fully saturated rings. The van der Waals surface area contributed by atoms with Gasteiger partial charge in [0.15, 0.2) is 0 Å². The molecule has 0 atom stereocenters. The molecule has 0 unspecified atom stereocenters. The van der Waals surface area contributed by atoms with Crippen molar-refractivity contribution in [3.05, 3.63) is 112 Å². The number of unbranched alkanes of at least 4 members (excludes halogenated alkanes) is 9. The van der Waals surface area contributed by atoms with Gasteiger partial charge in [0.05, 0.1) is 34.2 Å². The molecule has 10 nitrogen and oxygen atoms in total. The van der Waals surface area contributed by atoms with Crippen molar-refractivity contribution in [2.24, 2.45) is 15.2 Å². The zero-order valence-corrected chi connectivity index (χ0v) is 28.2. The first-order chi connectivity index (χ1) is 23.8. The number of nitro groups is 1. The monoisotopic (exact) mass is 664 g/mol. The van der Waals surface area contributed by atoms with Crippen molar-refractivity contribution in [2.75, 3.05) is 6.61 Å². The number of carbonyl (C=O) groups is 1. The van der Waals surface area contributed by atoms with E-state index in [1.165, 1.54) is 75.6 Å². The molecule has 0 heterocycles. The molecule has 0 saturated heterocycles. The van der Waals surface area contributed by atoms with Gasteiger partial charge in [-0.3, -0.25) is 15.1 Å². The average molecular weight is 665 g/mol. The molecule has 0 spiro atoms. The van der Waals surface area contributed by atoms with Crippen molar-refractivity contribution in [3.63, 3.8) is 0 Å². The summed E-state index contributed by atoms with van der Waals surface area (Å²) < 4.78 is 11.4. The van der Waals surface area contributed by atoms with Crippen molar-refractivity contribution in [1.82, 2.24) is 0 Å². The number of hydrogen-bond donors (Lipinski definition) is 1. The van der Waals surface area contributed by atoms with E-state index in [9.17, 15) is 20.0 Å². The molecule has 0 aromatic heterocycles. The summed E-state index contributed by atoms with van der Waals surface area (Å²) in [6, 6.07) is 22.6. The Morgan fingerprint density at radius 2 is 1.39 bits per heavy atom. The van der Waals surface area contributed by atoms with Crippen LogP contribution in [0.15, 0.2) is 100 Å². The fourth-order valence-electron chi connectivity index (χ4n) is 5.12. The van der Waals surface area contributed by atoms with Gasteiger partial charge < -0.3 is 14.6 Å². The topological polar surface area (TPSA) is 136 Å². The summed E-state index contributed by atoms with van der Waals surface area (Å²) in [5.74, 6) is 0.468. The number of non-ortho nitro benzene ring substituents is 1. The van der Waals surface area contributed by atoms with Crippen LogP contribution in [0, 0.1) is 17.0 Å². The molecular formula is C39H44N4O6. The Bertz CT molecular complexity index is 1720. The summed E-state index contributed by atoms with van der Waals surface area (Å²) in [5.41, 5.74) is 3.05. The Morgan fingerprint density at radius 1 is 0.796 bits per heavy atom. The Hall–Kier alpha value is -5.38. The normalized spacial score (nSPS) is 11.3. The van der Waals surface area contributed by atoms with Crippen molar-refractivity contribution >= 4 is 34.9 Å². The van der Waals surface area contributed by atoms with Crippen LogP contribution in [-0.2, 0) is 0 Å². The molecule has 0 saturated carbocycles. The lowest BCUT2D eigenvalue weighted by Gasteiger charge is -2.09. The van der Waals surface area contributed by atoms with E-state index in [0.717, 1.165) is 12.8 Å². The Morgan fingerprint density at radius 3 is 2.00 bits per heavy atom. The van der Waals surface area contributed by atoms with Crippen LogP contribution in [-0.4, -0.2) is 28.8 Å². The number of esters is 1. The molecule has 0 amide bonds. The first-order valence-corrected chi connectivity index (χ1v) is 16.9. The Kier molecular flexibility index (Phi) is 14.5. The minimum absolute atomic E-state index is 0.0257. The van der Waals surface area contributed by atoms with Gasteiger partial charge in [0, 0.05) is 30.0 Å². The fourth-order valence-corrected chi connectivity index (χ4v) is 5.12. The molecule has 0 aliphatic rings. The highest BCUT2D eigenvalue weighted by Gasteiger charge is 2.14. The molecule has 49 heavy (non-hydrogen) atoms. The van der Waals surface area contributed by atoms with E-state index in [4.69, 9.17) is 9.47 Å². The second kappa shape index (κ2) is 19.4. The maximum atomic E-state index is 13.0. The lowest BCUT2D eigenvalue weighted by atomic mass is 10.1. The van der Waals surface area contributed by atoms with Crippen LogP contribution < -0.4 is 9.47 Å². The maximum absolute atomic E-state index is 13.0. The highest BCUT2D eigenvalue weighted by atomic mass is 16.6. The van der Waals surface area contributed by atoms with Crippen molar-refractivity contribution in [2.45, 2.75) is 78.1 Å². The summed E-state index contributed by atoms with van der Waals surface area (Å²) in [4.78, 5) is 27.9. The van der Waals surface area contributed by atoms with E-state index < -0.39 is 10.9 Å². The number of nitro benzene ring substituents is 1. The Balaban J connectivity index is 1.25. The predicted molar refractivity (Wildman–Crippen MR) is 193 cm³/mol. The minimum atomic E-state index is -0.540. The number of azo groups is 1. The number of phenols is 1. The van der Waals surface area contributed by atoms with Crippen LogP contribution in [0.5, 0.6) is 17.2 Å². The molecule has 4 rings (SSSR count). The fraction of sp³-hybridized carbons (Fsp3) is 0.333. The van der Waals surface area contributed by atoms with Gasteiger partial charge in [0.25, 0.3) is 5.69 Å². The molecule has 0 aliphatic carbocycles. The summed E-state index contributed by atoms with van der Waals surface area (Å²) in [6.45, 7) is 4.65. The molecule has 10 heteroatoms. The molecule has 0 aliphatic heterocycles. The van der Waals surface area contributed by atoms with Gasteiger partial charge in [-0.05, 0) is 79.6 Å². The van der Waals surface area contributed by atoms with Gasteiger partial charge in [-0.25, -0.2) is 4.79 Å². The van der Waals surface area contributed by atoms with Gasteiger partial charge in [-0.1, -0.05) is 70.8 Å². The first-order valence-electron chi connectivity index (χ1n) is 16.9. The molecule has 256 valence electrons. The molecule has 4 aromatic carbocycles. The predicted octanol–water partition coefficient (Wildman–Crippen LogP) is 11.3. The number of nitrogens with zero attached hydrogens (tertiary/aromatic N) is 4. The third-order valence-corrected chi connectivity index (χ3v) is 8.03. The molecule has 0 bridgehead atoms. The largest absolute Gasteiger partial charge is 0.507 e. The summed E-state index contributed by atoms with van der Waals surface area (Å²) in [6.07, 6.45) is 14.2.